The number of aromatic nitrogens is 2. The Kier molecular flexibility index (Phi) is 4.27. The van der Waals surface area contributed by atoms with Gasteiger partial charge in [-0.25, -0.2) is 0 Å². The molecule has 19 heavy (non-hydrogen) atoms. The van der Waals surface area contributed by atoms with Gasteiger partial charge in [-0.3, -0.25) is 4.68 Å². The fourth-order valence-corrected chi connectivity index (χ4v) is 3.31. The van der Waals surface area contributed by atoms with Crippen LogP contribution in [0.4, 0.5) is 0 Å². The van der Waals surface area contributed by atoms with E-state index in [4.69, 9.17) is 4.74 Å². The lowest BCUT2D eigenvalue weighted by molar-refractivity contribution is 0.396. The average Bonchev–Trinajstić information content (AvgIpc) is 2.98. The molecule has 1 unspecified atom stereocenters. The minimum Gasteiger partial charge on any atom is -0.493 e. The first-order valence-corrected chi connectivity index (χ1v) is 7.30. The molecule has 5 heteroatoms. The van der Waals surface area contributed by atoms with E-state index in [-0.39, 0.29) is 6.04 Å². The Bertz CT molecular complexity index is 545. The summed E-state index contributed by atoms with van der Waals surface area (Å²) in [6.45, 7) is 6.40. The summed E-state index contributed by atoms with van der Waals surface area (Å²) in [6.07, 6.45) is 1.79. The summed E-state index contributed by atoms with van der Waals surface area (Å²) in [5.74, 6) is 0.834. The molecule has 4 nitrogen and oxygen atoms in total. The van der Waals surface area contributed by atoms with Crippen LogP contribution in [-0.2, 0) is 0 Å². The molecule has 0 fully saturated rings. The molecule has 0 radical (unpaired) electrons. The van der Waals surface area contributed by atoms with Crippen molar-refractivity contribution in [1.29, 1.82) is 0 Å². The zero-order valence-electron chi connectivity index (χ0n) is 12.1. The Balaban J connectivity index is 2.54. The van der Waals surface area contributed by atoms with E-state index in [1.165, 1.54) is 10.4 Å². The number of hydrogen-bond acceptors (Lipinski definition) is 4. The van der Waals surface area contributed by atoms with Gasteiger partial charge in [-0.1, -0.05) is 0 Å². The van der Waals surface area contributed by atoms with Gasteiger partial charge in [0.25, 0.3) is 0 Å². The minimum absolute atomic E-state index is 0.111. The predicted molar refractivity (Wildman–Crippen MR) is 79.1 cm³/mol. The number of nitrogens with zero attached hydrogens (tertiary/aromatic N) is 2. The third-order valence-electron chi connectivity index (χ3n) is 3.23. The number of thiophene rings is 1. The summed E-state index contributed by atoms with van der Waals surface area (Å²) < 4.78 is 7.51. The lowest BCUT2D eigenvalue weighted by atomic mass is 10.1. The Labute approximate surface area is 118 Å². The van der Waals surface area contributed by atoms with Gasteiger partial charge in [0.15, 0.2) is 5.75 Å². The van der Waals surface area contributed by atoms with Crippen molar-refractivity contribution in [2.75, 3.05) is 14.2 Å². The molecule has 104 valence electrons. The van der Waals surface area contributed by atoms with Crippen molar-refractivity contribution in [2.45, 2.75) is 32.9 Å². The average molecular weight is 279 g/mol. The molecule has 0 aliphatic rings. The van der Waals surface area contributed by atoms with Crippen LogP contribution in [0.2, 0.25) is 0 Å². The van der Waals surface area contributed by atoms with Crippen LogP contribution in [0.1, 0.15) is 42.1 Å². The molecule has 1 N–H and O–H groups in total. The molecule has 0 aromatic carbocycles. The van der Waals surface area contributed by atoms with E-state index < -0.39 is 0 Å². The van der Waals surface area contributed by atoms with Gasteiger partial charge in [-0.15, -0.1) is 11.3 Å². The van der Waals surface area contributed by atoms with Crippen molar-refractivity contribution in [3.63, 3.8) is 0 Å². The molecule has 2 aromatic heterocycles. The standard InChI is InChI=1S/C14H21N3OS/c1-9(2)17-13(11(18-5)8-16-17)12(15-4)14-10(3)6-7-19-14/h6-9,12,15H,1-5H3. The van der Waals surface area contributed by atoms with Crippen LogP contribution in [0.15, 0.2) is 17.6 Å². The second kappa shape index (κ2) is 5.75. The monoisotopic (exact) mass is 279 g/mol. The van der Waals surface area contributed by atoms with Gasteiger partial charge in [0.1, 0.15) is 5.69 Å². The van der Waals surface area contributed by atoms with Crippen LogP contribution >= 0.6 is 11.3 Å². The SMILES string of the molecule is CNC(c1sccc1C)c1c(OC)cnn1C(C)C. The smallest absolute Gasteiger partial charge is 0.161 e. The normalized spacial score (nSPS) is 12.9. The Hall–Kier alpha value is -1.33. The van der Waals surface area contributed by atoms with E-state index in [0.717, 1.165) is 11.4 Å². The van der Waals surface area contributed by atoms with E-state index in [1.807, 2.05) is 11.7 Å². The highest BCUT2D eigenvalue weighted by molar-refractivity contribution is 7.10. The summed E-state index contributed by atoms with van der Waals surface area (Å²) in [5.41, 5.74) is 2.38. The van der Waals surface area contributed by atoms with Gasteiger partial charge in [-0.05, 0) is 44.8 Å². The summed E-state index contributed by atoms with van der Waals surface area (Å²) in [4.78, 5) is 1.31. The zero-order valence-corrected chi connectivity index (χ0v) is 12.9. The molecule has 1 atom stereocenters. The molecule has 0 aliphatic heterocycles. The first-order chi connectivity index (χ1) is 9.10. The molecule has 0 bridgehead atoms. The topological polar surface area (TPSA) is 39.1 Å². The molecule has 2 heterocycles. The maximum Gasteiger partial charge on any atom is 0.161 e. The van der Waals surface area contributed by atoms with Crippen LogP contribution in [0, 0.1) is 6.92 Å². The Morgan fingerprint density at radius 2 is 2.16 bits per heavy atom. The largest absolute Gasteiger partial charge is 0.493 e. The Morgan fingerprint density at radius 1 is 1.42 bits per heavy atom. The van der Waals surface area contributed by atoms with Gasteiger partial charge in [0, 0.05) is 10.9 Å². The van der Waals surface area contributed by atoms with Crippen molar-refractivity contribution in [1.82, 2.24) is 15.1 Å². The molecule has 0 saturated carbocycles. The lowest BCUT2D eigenvalue weighted by Crippen LogP contribution is -2.22. The maximum absolute atomic E-state index is 5.48. The van der Waals surface area contributed by atoms with E-state index in [2.05, 4.69) is 42.6 Å². The third kappa shape index (κ3) is 2.53. The van der Waals surface area contributed by atoms with Gasteiger partial charge >= 0.3 is 0 Å². The van der Waals surface area contributed by atoms with Gasteiger partial charge < -0.3 is 10.1 Å². The van der Waals surface area contributed by atoms with Gasteiger partial charge in [0.2, 0.25) is 0 Å². The van der Waals surface area contributed by atoms with E-state index in [1.54, 1.807) is 24.6 Å². The molecular weight excluding hydrogens is 258 g/mol. The molecule has 0 saturated heterocycles. The predicted octanol–water partition coefficient (Wildman–Crippen LogP) is 3.15. The molecule has 2 rings (SSSR count). The fraction of sp³-hybridized carbons (Fsp3) is 0.500. The van der Waals surface area contributed by atoms with Crippen LogP contribution in [-0.4, -0.2) is 23.9 Å². The summed E-state index contributed by atoms with van der Waals surface area (Å²) >= 11 is 1.76. The molecule has 0 spiro atoms. The lowest BCUT2D eigenvalue weighted by Gasteiger charge is -2.21. The number of hydrogen-bond donors (Lipinski definition) is 1. The number of methoxy groups -OCH3 is 1. The Morgan fingerprint density at radius 3 is 2.63 bits per heavy atom. The van der Waals surface area contributed by atoms with E-state index in [0.29, 0.717) is 6.04 Å². The fourth-order valence-electron chi connectivity index (χ4n) is 2.27. The molecule has 0 amide bonds. The van der Waals surface area contributed by atoms with Crippen molar-refractivity contribution >= 4 is 11.3 Å². The number of nitrogens with one attached hydrogen (secondary N) is 1. The highest BCUT2D eigenvalue weighted by Crippen LogP contribution is 2.35. The second-order valence-corrected chi connectivity index (χ2v) is 5.77. The first-order valence-electron chi connectivity index (χ1n) is 6.42. The van der Waals surface area contributed by atoms with Gasteiger partial charge in [-0.2, -0.15) is 5.10 Å². The molecule has 0 aliphatic carbocycles. The van der Waals surface area contributed by atoms with E-state index in [9.17, 15) is 0 Å². The van der Waals surface area contributed by atoms with Crippen LogP contribution in [0.5, 0.6) is 5.75 Å². The maximum atomic E-state index is 5.48. The first kappa shape index (κ1) is 14.1. The highest BCUT2D eigenvalue weighted by atomic mass is 32.1. The van der Waals surface area contributed by atoms with Crippen LogP contribution < -0.4 is 10.1 Å². The minimum atomic E-state index is 0.111. The van der Waals surface area contributed by atoms with Crippen LogP contribution in [0.3, 0.4) is 0 Å². The van der Waals surface area contributed by atoms with Crippen LogP contribution in [0.25, 0.3) is 0 Å². The van der Waals surface area contributed by atoms with E-state index >= 15 is 0 Å². The highest BCUT2D eigenvalue weighted by Gasteiger charge is 2.25. The number of rotatable bonds is 5. The summed E-state index contributed by atoms with van der Waals surface area (Å²) in [5, 5.41) is 9.96. The summed E-state index contributed by atoms with van der Waals surface area (Å²) in [6, 6.07) is 2.56. The molecular formula is C14H21N3OS. The van der Waals surface area contributed by atoms with Gasteiger partial charge in [0.05, 0.1) is 19.3 Å². The van der Waals surface area contributed by atoms with Crippen molar-refractivity contribution in [2.24, 2.45) is 0 Å². The van der Waals surface area contributed by atoms with Crippen molar-refractivity contribution < 1.29 is 4.74 Å². The second-order valence-electron chi connectivity index (χ2n) is 4.83. The quantitative estimate of drug-likeness (QED) is 0.914. The number of aryl methyl sites for hydroxylation is 1. The number of ether oxygens (including phenoxy) is 1. The third-order valence-corrected chi connectivity index (χ3v) is 4.32. The summed E-state index contributed by atoms with van der Waals surface area (Å²) in [7, 11) is 3.67. The molecule has 2 aromatic rings. The zero-order chi connectivity index (χ0) is 14.0. The van der Waals surface area contributed by atoms with Crippen molar-refractivity contribution in [3.8, 4) is 5.75 Å². The van der Waals surface area contributed by atoms with Crippen molar-refractivity contribution in [3.05, 3.63) is 33.8 Å².